The zero-order valence-corrected chi connectivity index (χ0v) is 15.5. The topological polar surface area (TPSA) is 45.2 Å². The van der Waals surface area contributed by atoms with Crippen molar-refractivity contribution < 1.29 is 9.18 Å². The van der Waals surface area contributed by atoms with Gasteiger partial charge in [0.1, 0.15) is 11.3 Å². The molecule has 124 valence electrons. The van der Waals surface area contributed by atoms with Crippen LogP contribution in [0.3, 0.4) is 0 Å². The molecule has 3 rings (SSSR count). The molecule has 0 unspecified atom stereocenters. The van der Waals surface area contributed by atoms with Gasteiger partial charge in [-0.15, -0.1) is 0 Å². The first-order valence-electron chi connectivity index (χ1n) is 7.26. The SMILES string of the molecule is Cc1cc(Br)ccc1NC(=O)CN(C)c1nc2c(F)cccc2s1. The molecule has 1 aromatic heterocycles. The summed E-state index contributed by atoms with van der Waals surface area (Å²) in [5.41, 5.74) is 2.09. The third kappa shape index (κ3) is 3.57. The normalized spacial score (nSPS) is 10.8. The van der Waals surface area contributed by atoms with Gasteiger partial charge in [0.2, 0.25) is 5.91 Å². The van der Waals surface area contributed by atoms with Crippen molar-refractivity contribution in [3.05, 3.63) is 52.3 Å². The number of hydrogen-bond donors (Lipinski definition) is 1. The number of nitrogens with one attached hydrogen (secondary N) is 1. The van der Waals surface area contributed by atoms with Crippen LogP contribution in [0.15, 0.2) is 40.9 Å². The van der Waals surface area contributed by atoms with Crippen LogP contribution in [0.1, 0.15) is 5.56 Å². The van der Waals surface area contributed by atoms with E-state index in [0.717, 1.165) is 20.4 Å². The van der Waals surface area contributed by atoms with Crippen LogP contribution in [-0.4, -0.2) is 24.5 Å². The molecule has 0 aliphatic rings. The molecule has 1 N–H and O–H groups in total. The summed E-state index contributed by atoms with van der Waals surface area (Å²) in [4.78, 5) is 18.3. The Morgan fingerprint density at radius 3 is 2.88 bits per heavy atom. The van der Waals surface area contributed by atoms with Crippen LogP contribution in [0.5, 0.6) is 0 Å². The number of hydrogen-bond acceptors (Lipinski definition) is 4. The van der Waals surface area contributed by atoms with Gasteiger partial charge in [-0.1, -0.05) is 33.3 Å². The quantitative estimate of drug-likeness (QED) is 0.688. The van der Waals surface area contributed by atoms with E-state index in [1.54, 1.807) is 18.0 Å². The van der Waals surface area contributed by atoms with E-state index in [0.29, 0.717) is 10.6 Å². The highest BCUT2D eigenvalue weighted by Crippen LogP contribution is 2.29. The second kappa shape index (κ2) is 6.86. The minimum absolute atomic E-state index is 0.136. The van der Waals surface area contributed by atoms with E-state index >= 15 is 0 Å². The third-order valence-corrected chi connectivity index (χ3v) is 5.16. The highest BCUT2D eigenvalue weighted by atomic mass is 79.9. The maximum absolute atomic E-state index is 13.7. The first-order chi connectivity index (χ1) is 11.4. The maximum atomic E-state index is 13.7. The van der Waals surface area contributed by atoms with E-state index in [4.69, 9.17) is 0 Å². The van der Waals surface area contributed by atoms with Crippen LogP contribution >= 0.6 is 27.3 Å². The Bertz CT molecular complexity index is 912. The lowest BCUT2D eigenvalue weighted by Gasteiger charge is -2.16. The molecular weight excluding hydrogens is 393 g/mol. The lowest BCUT2D eigenvalue weighted by atomic mass is 10.2. The molecule has 0 atom stereocenters. The number of carbonyl (C=O) groups excluding carboxylic acids is 1. The molecule has 1 amide bonds. The maximum Gasteiger partial charge on any atom is 0.243 e. The van der Waals surface area contributed by atoms with Gasteiger partial charge in [-0.05, 0) is 42.8 Å². The van der Waals surface area contributed by atoms with Crippen molar-refractivity contribution in [2.24, 2.45) is 0 Å². The number of aryl methyl sites for hydroxylation is 1. The van der Waals surface area contributed by atoms with Gasteiger partial charge >= 0.3 is 0 Å². The molecule has 0 spiro atoms. The molecule has 0 bridgehead atoms. The van der Waals surface area contributed by atoms with Gasteiger partial charge in [0.15, 0.2) is 5.13 Å². The second-order valence-corrected chi connectivity index (χ2v) is 7.37. The molecule has 2 aromatic carbocycles. The molecule has 24 heavy (non-hydrogen) atoms. The van der Waals surface area contributed by atoms with E-state index < -0.39 is 0 Å². The van der Waals surface area contributed by atoms with Gasteiger partial charge in [-0.25, -0.2) is 9.37 Å². The van der Waals surface area contributed by atoms with Crippen molar-refractivity contribution in [2.75, 3.05) is 23.8 Å². The molecule has 1 heterocycles. The Morgan fingerprint density at radius 1 is 1.38 bits per heavy atom. The molecule has 0 aliphatic heterocycles. The van der Waals surface area contributed by atoms with Gasteiger partial charge in [-0.2, -0.15) is 0 Å². The van der Waals surface area contributed by atoms with Gasteiger partial charge in [0.05, 0.1) is 11.2 Å². The van der Waals surface area contributed by atoms with Crippen LogP contribution in [-0.2, 0) is 4.79 Å². The molecule has 7 heteroatoms. The number of thiazole rings is 1. The first-order valence-corrected chi connectivity index (χ1v) is 8.87. The fraction of sp³-hybridized carbons (Fsp3) is 0.176. The Kier molecular flexibility index (Phi) is 4.82. The van der Waals surface area contributed by atoms with Crippen LogP contribution in [0.4, 0.5) is 15.2 Å². The molecule has 0 radical (unpaired) electrons. The summed E-state index contributed by atoms with van der Waals surface area (Å²) in [5.74, 6) is -0.499. The van der Waals surface area contributed by atoms with Gasteiger partial charge in [0.25, 0.3) is 0 Å². The van der Waals surface area contributed by atoms with Crippen molar-refractivity contribution in [1.29, 1.82) is 0 Å². The molecule has 0 aliphatic carbocycles. The number of nitrogens with zero attached hydrogens (tertiary/aromatic N) is 2. The Morgan fingerprint density at radius 2 is 2.17 bits per heavy atom. The van der Waals surface area contributed by atoms with E-state index in [9.17, 15) is 9.18 Å². The minimum atomic E-state index is -0.349. The van der Waals surface area contributed by atoms with Crippen LogP contribution in [0, 0.1) is 12.7 Å². The Balaban J connectivity index is 1.72. The van der Waals surface area contributed by atoms with Crippen molar-refractivity contribution in [3.63, 3.8) is 0 Å². The van der Waals surface area contributed by atoms with Crippen molar-refractivity contribution in [1.82, 2.24) is 4.98 Å². The van der Waals surface area contributed by atoms with E-state index in [-0.39, 0.29) is 18.3 Å². The van der Waals surface area contributed by atoms with Crippen LogP contribution < -0.4 is 10.2 Å². The smallest absolute Gasteiger partial charge is 0.243 e. The molecule has 0 saturated heterocycles. The summed E-state index contributed by atoms with van der Waals surface area (Å²) in [7, 11) is 1.77. The largest absolute Gasteiger partial charge is 0.342 e. The number of carbonyl (C=O) groups is 1. The summed E-state index contributed by atoms with van der Waals surface area (Å²) in [6.45, 7) is 2.07. The van der Waals surface area contributed by atoms with E-state index in [1.807, 2.05) is 31.2 Å². The number of anilines is 2. The number of amides is 1. The van der Waals surface area contributed by atoms with Gasteiger partial charge in [0, 0.05) is 17.2 Å². The molecular formula is C17H15BrFN3OS. The first kappa shape index (κ1) is 16.9. The fourth-order valence-corrected chi connectivity index (χ4v) is 3.72. The van der Waals surface area contributed by atoms with Crippen molar-refractivity contribution in [2.45, 2.75) is 6.92 Å². The monoisotopic (exact) mass is 407 g/mol. The van der Waals surface area contributed by atoms with E-state index in [1.165, 1.54) is 17.4 Å². The predicted molar refractivity (Wildman–Crippen MR) is 100 cm³/mol. The van der Waals surface area contributed by atoms with E-state index in [2.05, 4.69) is 26.2 Å². The molecule has 4 nitrogen and oxygen atoms in total. The van der Waals surface area contributed by atoms with Gasteiger partial charge < -0.3 is 10.2 Å². The standard InChI is InChI=1S/C17H15BrFN3OS/c1-10-8-11(18)6-7-13(10)20-15(23)9-22(2)17-21-16-12(19)4-3-5-14(16)24-17/h3-8H,9H2,1-2H3,(H,20,23). The number of aromatic nitrogens is 1. The highest BCUT2D eigenvalue weighted by Gasteiger charge is 2.14. The lowest BCUT2D eigenvalue weighted by Crippen LogP contribution is -2.30. The number of likely N-dealkylation sites (N-methyl/N-ethyl adjacent to an activating group) is 1. The minimum Gasteiger partial charge on any atom is -0.342 e. The summed E-state index contributed by atoms with van der Waals surface area (Å²) in [6.07, 6.45) is 0. The Hall–Kier alpha value is -1.99. The zero-order valence-electron chi connectivity index (χ0n) is 13.1. The number of fused-ring (bicyclic) bond motifs is 1. The number of para-hydroxylation sites is 1. The highest BCUT2D eigenvalue weighted by molar-refractivity contribution is 9.10. The fourth-order valence-electron chi connectivity index (χ4n) is 2.31. The molecule has 0 saturated carbocycles. The lowest BCUT2D eigenvalue weighted by molar-refractivity contribution is -0.114. The molecule has 3 aromatic rings. The van der Waals surface area contributed by atoms with Crippen LogP contribution in [0.25, 0.3) is 10.2 Å². The number of rotatable bonds is 4. The summed E-state index contributed by atoms with van der Waals surface area (Å²) < 4.78 is 15.5. The second-order valence-electron chi connectivity index (χ2n) is 5.45. The number of benzene rings is 2. The predicted octanol–water partition coefficient (Wildman–Crippen LogP) is 4.58. The average molecular weight is 408 g/mol. The molecule has 0 fully saturated rings. The Labute approximate surface area is 151 Å². The third-order valence-electron chi connectivity index (χ3n) is 3.53. The summed E-state index contributed by atoms with van der Waals surface area (Å²) in [5, 5.41) is 3.49. The summed E-state index contributed by atoms with van der Waals surface area (Å²) >= 11 is 4.76. The van der Waals surface area contributed by atoms with Crippen LogP contribution in [0.2, 0.25) is 0 Å². The number of halogens is 2. The van der Waals surface area contributed by atoms with Crippen molar-refractivity contribution in [3.8, 4) is 0 Å². The van der Waals surface area contributed by atoms with Gasteiger partial charge in [-0.3, -0.25) is 4.79 Å². The summed E-state index contributed by atoms with van der Waals surface area (Å²) in [6, 6.07) is 10.5. The average Bonchev–Trinajstić information content (AvgIpc) is 2.96. The zero-order chi connectivity index (χ0) is 17.3. The van der Waals surface area contributed by atoms with Crippen molar-refractivity contribution >= 4 is 54.2 Å².